The van der Waals surface area contributed by atoms with Gasteiger partial charge in [-0.15, -0.1) is 0 Å². The molecule has 1 aromatic carbocycles. The van der Waals surface area contributed by atoms with Crippen LogP contribution in [0.3, 0.4) is 0 Å². The van der Waals surface area contributed by atoms with Crippen molar-refractivity contribution in [3.05, 3.63) is 35.4 Å². The van der Waals surface area contributed by atoms with Gasteiger partial charge < -0.3 is 5.11 Å². The molecular weight excluding hydrogens is 190 g/mol. The Balaban J connectivity index is 2.82. The lowest BCUT2D eigenvalue weighted by Gasteiger charge is -2.08. The van der Waals surface area contributed by atoms with E-state index < -0.39 is 17.1 Å². The van der Waals surface area contributed by atoms with Crippen LogP contribution < -0.4 is 4.72 Å². The van der Waals surface area contributed by atoms with Gasteiger partial charge >= 0.3 is 0 Å². The van der Waals surface area contributed by atoms with Crippen LogP contribution >= 0.6 is 0 Å². The van der Waals surface area contributed by atoms with Gasteiger partial charge in [-0.1, -0.05) is 29.8 Å². The van der Waals surface area contributed by atoms with E-state index in [1.807, 2.05) is 17.7 Å². The molecule has 72 valence electrons. The molecular formula is C8H11NO3S. The summed E-state index contributed by atoms with van der Waals surface area (Å²) in [7, 11) is -2.77. The number of aryl methyl sites for hydroxylation is 1. The van der Waals surface area contributed by atoms with Crippen LogP contribution in [0.2, 0.25) is 0 Å². The molecule has 0 bridgehead atoms. The van der Waals surface area contributed by atoms with Crippen molar-refractivity contribution >= 4 is 10.9 Å². The molecule has 0 spiro atoms. The van der Waals surface area contributed by atoms with Gasteiger partial charge in [0.1, 0.15) is 6.23 Å². The van der Waals surface area contributed by atoms with E-state index in [-0.39, 0.29) is 0 Å². The fourth-order valence-corrected chi connectivity index (χ4v) is 1.36. The maximum atomic E-state index is 10.2. The Hall–Kier alpha value is -0.910. The van der Waals surface area contributed by atoms with Gasteiger partial charge in [-0.05, 0) is 12.5 Å². The Morgan fingerprint density at radius 2 is 2.15 bits per heavy atom. The summed E-state index contributed by atoms with van der Waals surface area (Å²) < 4.78 is 22.5. The van der Waals surface area contributed by atoms with Gasteiger partial charge in [-0.3, -0.25) is 0 Å². The molecule has 1 aromatic rings. The molecule has 0 saturated carbocycles. The van der Waals surface area contributed by atoms with Crippen molar-refractivity contribution in [3.63, 3.8) is 0 Å². The molecule has 0 aliphatic carbocycles. The number of aliphatic hydroxyl groups is 1. The van der Waals surface area contributed by atoms with Crippen LogP contribution in [0, 0.1) is 6.92 Å². The molecule has 0 amide bonds. The van der Waals surface area contributed by atoms with Crippen molar-refractivity contribution in [1.82, 2.24) is 4.72 Å². The lowest BCUT2D eigenvalue weighted by molar-refractivity contribution is 0.167. The lowest BCUT2D eigenvalue weighted by Crippen LogP contribution is -2.18. The Morgan fingerprint density at radius 1 is 1.46 bits per heavy atom. The maximum absolute atomic E-state index is 10.2. The van der Waals surface area contributed by atoms with Crippen LogP contribution in [-0.2, 0) is 10.9 Å². The molecule has 1 atom stereocenters. The average Bonchev–Trinajstić information content (AvgIpc) is 2.03. The molecule has 0 aliphatic heterocycles. The Bertz CT molecular complexity index is 354. The van der Waals surface area contributed by atoms with Crippen molar-refractivity contribution in [2.75, 3.05) is 0 Å². The Labute approximate surface area is 78.3 Å². The molecule has 2 N–H and O–H groups in total. The third kappa shape index (κ3) is 3.14. The van der Waals surface area contributed by atoms with E-state index in [2.05, 4.69) is 0 Å². The van der Waals surface area contributed by atoms with E-state index in [1.54, 1.807) is 18.2 Å². The molecule has 0 fully saturated rings. The predicted molar refractivity (Wildman–Crippen MR) is 49.6 cm³/mol. The quantitative estimate of drug-likeness (QED) is 0.480. The summed E-state index contributed by atoms with van der Waals surface area (Å²) in [5.74, 6) is 0. The first-order valence-electron chi connectivity index (χ1n) is 3.75. The minimum Gasteiger partial charge on any atom is -0.373 e. The first-order chi connectivity index (χ1) is 6.09. The van der Waals surface area contributed by atoms with Crippen molar-refractivity contribution in [1.29, 1.82) is 0 Å². The monoisotopic (exact) mass is 201 g/mol. The smallest absolute Gasteiger partial charge is 0.203 e. The van der Waals surface area contributed by atoms with Gasteiger partial charge in [0.2, 0.25) is 10.9 Å². The minimum atomic E-state index is -2.77. The van der Waals surface area contributed by atoms with Crippen LogP contribution in [0.25, 0.3) is 0 Å². The summed E-state index contributed by atoms with van der Waals surface area (Å²) in [6.07, 6.45) is -1.15. The van der Waals surface area contributed by atoms with Crippen LogP contribution in [0.15, 0.2) is 24.3 Å². The summed E-state index contributed by atoms with van der Waals surface area (Å²) in [5.41, 5.74) is 1.51. The van der Waals surface area contributed by atoms with E-state index >= 15 is 0 Å². The number of hydrogen-bond acceptors (Lipinski definition) is 3. The van der Waals surface area contributed by atoms with E-state index in [1.165, 1.54) is 0 Å². The molecule has 0 radical (unpaired) electrons. The van der Waals surface area contributed by atoms with Crippen LogP contribution in [0.4, 0.5) is 0 Å². The van der Waals surface area contributed by atoms with E-state index in [4.69, 9.17) is 0 Å². The zero-order valence-electron chi connectivity index (χ0n) is 7.10. The summed E-state index contributed by atoms with van der Waals surface area (Å²) in [5, 5.41) is 9.32. The highest BCUT2D eigenvalue weighted by Gasteiger charge is 2.06. The maximum Gasteiger partial charge on any atom is 0.203 e. The largest absolute Gasteiger partial charge is 0.373 e. The van der Waals surface area contributed by atoms with Gasteiger partial charge in [0.05, 0.1) is 0 Å². The van der Waals surface area contributed by atoms with Crippen molar-refractivity contribution in [2.24, 2.45) is 0 Å². The van der Waals surface area contributed by atoms with Gasteiger partial charge in [0.25, 0.3) is 0 Å². The molecule has 0 heterocycles. The minimum absolute atomic E-state index is 0.541. The third-order valence-electron chi connectivity index (χ3n) is 1.59. The zero-order chi connectivity index (χ0) is 9.84. The van der Waals surface area contributed by atoms with Crippen molar-refractivity contribution < 1.29 is 13.5 Å². The highest BCUT2D eigenvalue weighted by Crippen LogP contribution is 2.11. The number of nitrogens with one attached hydrogen (secondary N) is 1. The SMILES string of the molecule is Cc1cccc(C(O)N[SH](=O)=O)c1. The first kappa shape index (κ1) is 10.2. The van der Waals surface area contributed by atoms with Crippen molar-refractivity contribution in [3.8, 4) is 0 Å². The number of benzene rings is 1. The number of hydrogen-bond donors (Lipinski definition) is 3. The standard InChI is InChI=1S/C8H11NO3S/c1-6-3-2-4-7(5-6)8(10)9-13(11)12/h2-5,8,10,13H,1H3,(H,9,11,12). The van der Waals surface area contributed by atoms with E-state index in [0.29, 0.717) is 5.56 Å². The van der Waals surface area contributed by atoms with Crippen LogP contribution in [0.5, 0.6) is 0 Å². The molecule has 1 rings (SSSR count). The summed E-state index contributed by atoms with van der Waals surface area (Å²) in [6, 6.07) is 7.00. The predicted octanol–water partition coefficient (Wildman–Crippen LogP) is 0.102. The number of thiol groups is 1. The van der Waals surface area contributed by atoms with Crippen LogP contribution in [0.1, 0.15) is 17.4 Å². The summed E-state index contributed by atoms with van der Waals surface area (Å²) in [4.78, 5) is 0. The molecule has 4 nitrogen and oxygen atoms in total. The molecule has 0 aliphatic rings. The summed E-state index contributed by atoms with van der Waals surface area (Å²) in [6.45, 7) is 1.87. The second kappa shape index (κ2) is 4.36. The second-order valence-electron chi connectivity index (χ2n) is 2.70. The lowest BCUT2D eigenvalue weighted by atomic mass is 10.1. The molecule has 0 aromatic heterocycles. The number of aliphatic hydroxyl groups excluding tert-OH is 1. The fourth-order valence-electron chi connectivity index (χ4n) is 1.01. The first-order valence-corrected chi connectivity index (χ1v) is 4.92. The fraction of sp³-hybridized carbons (Fsp3) is 0.250. The second-order valence-corrected chi connectivity index (χ2v) is 3.48. The average molecular weight is 201 g/mol. The molecule has 0 saturated heterocycles. The van der Waals surface area contributed by atoms with E-state index in [0.717, 1.165) is 5.56 Å². The highest BCUT2D eigenvalue weighted by atomic mass is 32.2. The molecule has 5 heteroatoms. The normalized spacial score (nSPS) is 13.2. The topological polar surface area (TPSA) is 66.4 Å². The number of rotatable bonds is 3. The van der Waals surface area contributed by atoms with Crippen LogP contribution in [-0.4, -0.2) is 13.5 Å². The van der Waals surface area contributed by atoms with Gasteiger partial charge in [-0.25, -0.2) is 8.42 Å². The highest BCUT2D eigenvalue weighted by molar-refractivity contribution is 7.70. The molecule has 1 unspecified atom stereocenters. The van der Waals surface area contributed by atoms with Gasteiger partial charge in [0, 0.05) is 0 Å². The third-order valence-corrected chi connectivity index (χ3v) is 2.04. The van der Waals surface area contributed by atoms with Gasteiger partial charge in [0.15, 0.2) is 0 Å². The van der Waals surface area contributed by atoms with Gasteiger partial charge in [-0.2, -0.15) is 4.72 Å². The Morgan fingerprint density at radius 3 is 2.69 bits per heavy atom. The molecule has 13 heavy (non-hydrogen) atoms. The summed E-state index contributed by atoms with van der Waals surface area (Å²) >= 11 is 0. The van der Waals surface area contributed by atoms with E-state index in [9.17, 15) is 13.5 Å². The van der Waals surface area contributed by atoms with Crippen molar-refractivity contribution in [2.45, 2.75) is 13.2 Å². The zero-order valence-corrected chi connectivity index (χ0v) is 7.99. The Kier molecular flexibility index (Phi) is 3.41.